The number of benzene rings is 1. The number of anilines is 1. The van der Waals surface area contributed by atoms with Gasteiger partial charge in [0.2, 0.25) is 0 Å². The SMILES string of the molecule is CCN(CC(C)C)c1ccc(Br)cc1CCN. The van der Waals surface area contributed by atoms with E-state index >= 15 is 0 Å². The second-order valence-electron chi connectivity index (χ2n) is 4.74. The van der Waals surface area contributed by atoms with E-state index in [1.54, 1.807) is 0 Å². The fourth-order valence-corrected chi connectivity index (χ4v) is 2.47. The maximum absolute atomic E-state index is 5.69. The molecule has 0 aliphatic carbocycles. The van der Waals surface area contributed by atoms with E-state index in [0.29, 0.717) is 12.5 Å². The van der Waals surface area contributed by atoms with Gasteiger partial charge in [0, 0.05) is 23.2 Å². The Morgan fingerprint density at radius 2 is 2.06 bits per heavy atom. The molecule has 0 saturated carbocycles. The lowest BCUT2D eigenvalue weighted by molar-refractivity contribution is 0.617. The summed E-state index contributed by atoms with van der Waals surface area (Å²) in [7, 11) is 0. The first kappa shape index (κ1) is 14.5. The zero-order valence-electron chi connectivity index (χ0n) is 11.0. The van der Waals surface area contributed by atoms with Crippen molar-refractivity contribution in [3.8, 4) is 0 Å². The maximum atomic E-state index is 5.69. The summed E-state index contributed by atoms with van der Waals surface area (Å²) >= 11 is 3.53. The predicted octanol–water partition coefficient (Wildman–Crippen LogP) is 3.43. The summed E-state index contributed by atoms with van der Waals surface area (Å²) in [6.45, 7) is 9.54. The summed E-state index contributed by atoms with van der Waals surface area (Å²) in [6, 6.07) is 6.49. The topological polar surface area (TPSA) is 29.3 Å². The molecule has 0 heterocycles. The van der Waals surface area contributed by atoms with E-state index in [9.17, 15) is 0 Å². The third-order valence-corrected chi connectivity index (χ3v) is 3.26. The molecule has 96 valence electrons. The molecule has 0 amide bonds. The number of rotatable bonds is 6. The van der Waals surface area contributed by atoms with Crippen LogP contribution in [0.2, 0.25) is 0 Å². The average molecular weight is 299 g/mol. The van der Waals surface area contributed by atoms with Crippen LogP contribution >= 0.6 is 15.9 Å². The summed E-state index contributed by atoms with van der Waals surface area (Å²) < 4.78 is 1.13. The molecule has 0 atom stereocenters. The van der Waals surface area contributed by atoms with E-state index in [4.69, 9.17) is 5.73 Å². The number of hydrogen-bond donors (Lipinski definition) is 1. The Morgan fingerprint density at radius 3 is 2.59 bits per heavy atom. The number of halogens is 1. The van der Waals surface area contributed by atoms with Gasteiger partial charge < -0.3 is 10.6 Å². The van der Waals surface area contributed by atoms with Gasteiger partial charge in [-0.05, 0) is 49.6 Å². The van der Waals surface area contributed by atoms with E-state index in [0.717, 1.165) is 24.0 Å². The highest BCUT2D eigenvalue weighted by molar-refractivity contribution is 9.10. The molecule has 0 aliphatic rings. The van der Waals surface area contributed by atoms with Crippen LogP contribution in [0.25, 0.3) is 0 Å². The monoisotopic (exact) mass is 298 g/mol. The third kappa shape index (κ3) is 4.32. The molecular formula is C14H23BrN2. The fraction of sp³-hybridized carbons (Fsp3) is 0.571. The second kappa shape index (κ2) is 7.02. The normalized spacial score (nSPS) is 10.9. The van der Waals surface area contributed by atoms with Crippen LogP contribution in [0.15, 0.2) is 22.7 Å². The largest absolute Gasteiger partial charge is 0.371 e. The molecule has 0 unspecified atom stereocenters. The van der Waals surface area contributed by atoms with Crippen molar-refractivity contribution in [2.45, 2.75) is 27.2 Å². The van der Waals surface area contributed by atoms with Crippen molar-refractivity contribution in [2.75, 3.05) is 24.5 Å². The van der Waals surface area contributed by atoms with Crippen LogP contribution in [0.5, 0.6) is 0 Å². The summed E-state index contributed by atoms with van der Waals surface area (Å²) in [5.74, 6) is 0.671. The lowest BCUT2D eigenvalue weighted by atomic mass is 10.1. The van der Waals surface area contributed by atoms with E-state index in [2.05, 4.69) is 59.8 Å². The lowest BCUT2D eigenvalue weighted by Crippen LogP contribution is -2.28. The summed E-state index contributed by atoms with van der Waals surface area (Å²) in [4.78, 5) is 2.43. The summed E-state index contributed by atoms with van der Waals surface area (Å²) in [6.07, 6.45) is 0.934. The van der Waals surface area contributed by atoms with Crippen molar-refractivity contribution < 1.29 is 0 Å². The second-order valence-corrected chi connectivity index (χ2v) is 5.66. The van der Waals surface area contributed by atoms with Gasteiger partial charge in [-0.25, -0.2) is 0 Å². The van der Waals surface area contributed by atoms with Gasteiger partial charge >= 0.3 is 0 Å². The standard InChI is InChI=1S/C14H23BrN2/c1-4-17(10-11(2)3)14-6-5-13(15)9-12(14)7-8-16/h5-6,9,11H,4,7-8,10,16H2,1-3H3. The maximum Gasteiger partial charge on any atom is 0.0400 e. The van der Waals surface area contributed by atoms with Gasteiger partial charge in [0.25, 0.3) is 0 Å². The van der Waals surface area contributed by atoms with E-state index in [-0.39, 0.29) is 0 Å². The molecular weight excluding hydrogens is 276 g/mol. The van der Waals surface area contributed by atoms with Gasteiger partial charge in [-0.2, -0.15) is 0 Å². The highest BCUT2D eigenvalue weighted by Gasteiger charge is 2.11. The van der Waals surface area contributed by atoms with Crippen LogP contribution in [0.4, 0.5) is 5.69 Å². The molecule has 17 heavy (non-hydrogen) atoms. The molecule has 2 N–H and O–H groups in total. The Hall–Kier alpha value is -0.540. The fourth-order valence-electron chi connectivity index (χ4n) is 2.06. The first-order chi connectivity index (χ1) is 8.08. The Labute approximate surface area is 113 Å². The summed E-state index contributed by atoms with van der Waals surface area (Å²) in [5.41, 5.74) is 8.35. The minimum absolute atomic E-state index is 0.671. The Bertz CT molecular complexity index is 350. The molecule has 0 aromatic heterocycles. The zero-order chi connectivity index (χ0) is 12.8. The van der Waals surface area contributed by atoms with Crippen LogP contribution in [0, 0.1) is 5.92 Å². The minimum atomic E-state index is 0.671. The first-order valence-corrected chi connectivity index (χ1v) is 7.11. The van der Waals surface area contributed by atoms with Crippen molar-refractivity contribution in [3.63, 3.8) is 0 Å². The van der Waals surface area contributed by atoms with Gasteiger partial charge in [-0.15, -0.1) is 0 Å². The van der Waals surface area contributed by atoms with Gasteiger partial charge in [0.05, 0.1) is 0 Å². The number of nitrogens with zero attached hydrogens (tertiary/aromatic N) is 1. The van der Waals surface area contributed by atoms with Crippen LogP contribution in [-0.2, 0) is 6.42 Å². The van der Waals surface area contributed by atoms with Crippen molar-refractivity contribution >= 4 is 21.6 Å². The van der Waals surface area contributed by atoms with Crippen molar-refractivity contribution in [1.29, 1.82) is 0 Å². The molecule has 1 aromatic carbocycles. The Kier molecular flexibility index (Phi) is 6.00. The van der Waals surface area contributed by atoms with Gasteiger partial charge in [0.15, 0.2) is 0 Å². The zero-order valence-corrected chi connectivity index (χ0v) is 12.6. The highest BCUT2D eigenvalue weighted by atomic mass is 79.9. The molecule has 0 saturated heterocycles. The smallest absolute Gasteiger partial charge is 0.0400 e. The molecule has 0 bridgehead atoms. The molecule has 0 fully saturated rings. The van der Waals surface area contributed by atoms with Crippen molar-refractivity contribution in [3.05, 3.63) is 28.2 Å². The molecule has 2 nitrogen and oxygen atoms in total. The predicted molar refractivity (Wildman–Crippen MR) is 79.6 cm³/mol. The first-order valence-electron chi connectivity index (χ1n) is 6.31. The number of hydrogen-bond acceptors (Lipinski definition) is 2. The molecule has 1 rings (SSSR count). The lowest BCUT2D eigenvalue weighted by Gasteiger charge is -2.27. The van der Waals surface area contributed by atoms with E-state index in [1.165, 1.54) is 11.3 Å². The van der Waals surface area contributed by atoms with E-state index in [1.807, 2.05) is 0 Å². The molecule has 0 aliphatic heterocycles. The van der Waals surface area contributed by atoms with Crippen LogP contribution < -0.4 is 10.6 Å². The van der Waals surface area contributed by atoms with Crippen molar-refractivity contribution in [1.82, 2.24) is 0 Å². The molecule has 0 radical (unpaired) electrons. The minimum Gasteiger partial charge on any atom is -0.371 e. The quantitative estimate of drug-likeness (QED) is 0.872. The third-order valence-electron chi connectivity index (χ3n) is 2.76. The average Bonchev–Trinajstić information content (AvgIpc) is 2.27. The van der Waals surface area contributed by atoms with Crippen LogP contribution in [0.3, 0.4) is 0 Å². The van der Waals surface area contributed by atoms with Gasteiger partial charge in [0.1, 0.15) is 0 Å². The van der Waals surface area contributed by atoms with E-state index < -0.39 is 0 Å². The molecule has 1 aromatic rings. The van der Waals surface area contributed by atoms with Crippen LogP contribution in [-0.4, -0.2) is 19.6 Å². The Morgan fingerprint density at radius 1 is 1.35 bits per heavy atom. The van der Waals surface area contributed by atoms with Crippen LogP contribution in [0.1, 0.15) is 26.3 Å². The number of nitrogens with two attached hydrogens (primary N) is 1. The summed E-state index contributed by atoms with van der Waals surface area (Å²) in [5, 5.41) is 0. The highest BCUT2D eigenvalue weighted by Crippen LogP contribution is 2.25. The van der Waals surface area contributed by atoms with Crippen molar-refractivity contribution in [2.24, 2.45) is 11.7 Å². The molecule has 0 spiro atoms. The van der Waals surface area contributed by atoms with Gasteiger partial charge in [-0.1, -0.05) is 29.8 Å². The Balaban J connectivity index is 3.00. The van der Waals surface area contributed by atoms with Gasteiger partial charge in [-0.3, -0.25) is 0 Å². The molecule has 3 heteroatoms.